The zero-order chi connectivity index (χ0) is 34.0. The highest BCUT2D eigenvalue weighted by molar-refractivity contribution is 5.53. The molecule has 0 amide bonds. The molecular weight excluding hydrogens is 284 g/mol. The Hall–Kier alpha value is -1.44. The third-order valence-electron chi connectivity index (χ3n) is 3.68. The van der Waals surface area contributed by atoms with Gasteiger partial charge in [-0.3, -0.25) is 0 Å². The smallest absolute Gasteiger partial charge is 0.127 e. The molecule has 0 saturated carbocycles. The molecular formula is C21H30O2. The summed E-state index contributed by atoms with van der Waals surface area (Å²) in [6.45, 7) is -9.72. The highest BCUT2D eigenvalue weighted by Gasteiger charge is 2.45. The first-order chi connectivity index (χ1) is 18.7. The highest BCUT2D eigenvalue weighted by Crippen LogP contribution is 2.53. The first kappa shape index (κ1) is 4.80. The van der Waals surface area contributed by atoms with E-state index in [0.29, 0.717) is 12.1 Å². The lowest BCUT2D eigenvalue weighted by Gasteiger charge is -2.46. The maximum Gasteiger partial charge on any atom is 0.127 e. The Morgan fingerprint density at radius 3 is 3.13 bits per heavy atom. The second-order valence-corrected chi connectivity index (χ2v) is 5.47. The lowest BCUT2D eigenvalue weighted by molar-refractivity contribution is 0.0107. The minimum absolute atomic E-state index is 0.185. The van der Waals surface area contributed by atoms with E-state index in [-0.39, 0.29) is 5.57 Å². The molecule has 0 bridgehead atoms. The highest BCUT2D eigenvalue weighted by atomic mass is 16.5. The van der Waals surface area contributed by atoms with Gasteiger partial charge in [-0.25, -0.2) is 0 Å². The average molecular weight is 335 g/mol. The van der Waals surface area contributed by atoms with Crippen LogP contribution in [0.2, 0.25) is 0 Å². The fourth-order valence-corrected chi connectivity index (χ4v) is 2.76. The van der Waals surface area contributed by atoms with Crippen LogP contribution in [0.25, 0.3) is 0 Å². The molecule has 3 rings (SSSR count). The molecule has 1 aromatic rings. The number of fused-ring (bicyclic) bond motifs is 3. The Labute approximate surface area is 168 Å². The predicted octanol–water partition coefficient (Wildman–Crippen LogP) is 5.74. The standard InChI is InChI=1S/C21H30O2/c1-5-6-7-8-15-12-18(22)20-16-11-14(2)9-10-17(16)21(3,4)23-19(20)13-15/h11-13,16-17,22H,5-10H2,1-4H3/t16-,17-/m1/s1/i1D3,3D3,4D3,5D2,6D2,7D2,8D2,10D2,16D. The van der Waals surface area contributed by atoms with Crippen LogP contribution in [-0.4, -0.2) is 10.7 Å². The van der Waals surface area contributed by atoms with Gasteiger partial charge in [0.1, 0.15) is 17.1 Å². The molecule has 0 spiro atoms. The van der Waals surface area contributed by atoms with Crippen molar-refractivity contribution in [2.24, 2.45) is 5.92 Å². The topological polar surface area (TPSA) is 29.5 Å². The van der Waals surface area contributed by atoms with Gasteiger partial charge in [-0.15, -0.1) is 0 Å². The molecule has 1 aliphatic carbocycles. The minimum atomic E-state index is -4.08. The summed E-state index contributed by atoms with van der Waals surface area (Å²) in [5, 5.41) is 11.1. The van der Waals surface area contributed by atoms with Crippen molar-refractivity contribution in [2.75, 3.05) is 0 Å². The van der Waals surface area contributed by atoms with E-state index in [1.165, 1.54) is 6.92 Å². The van der Waals surface area contributed by atoms with E-state index in [1.54, 1.807) is 0 Å². The first-order valence-corrected chi connectivity index (χ1v) is 6.94. The lowest BCUT2D eigenvalue weighted by atomic mass is 9.68. The molecule has 0 aromatic heterocycles. The molecule has 1 heterocycles. The van der Waals surface area contributed by atoms with Crippen molar-refractivity contribution < 1.29 is 37.3 Å². The SMILES string of the molecule is [2H]C1([2H])CC(C)=C[C@@]2([2H])c3c(O)cc(C([2H])([2H])C([2H])([2H])C([2H])([2H])C([2H])([2H])C([2H])([2H])[2H])cc3OC(C([2H])([2H])[2H])(C([2H])([2H])[2H])[C@H]12. The molecule has 0 unspecified atom stereocenters. The van der Waals surface area contributed by atoms with Crippen LogP contribution in [0.4, 0.5) is 0 Å². The molecule has 2 atom stereocenters. The van der Waals surface area contributed by atoms with Gasteiger partial charge in [0.05, 0.1) is 0 Å². The maximum absolute atomic E-state index is 11.1. The number of aryl methyl sites for hydroxylation is 1. The molecule has 1 aromatic carbocycles. The maximum atomic E-state index is 11.1. The number of hydrogen-bond donors (Lipinski definition) is 1. The molecule has 0 fully saturated rings. The summed E-state index contributed by atoms with van der Waals surface area (Å²) in [6, 6.07) is 1.04. The monoisotopic (exact) mass is 334 g/mol. The van der Waals surface area contributed by atoms with Crippen molar-refractivity contribution in [1.29, 1.82) is 0 Å². The molecule has 2 heteroatoms. The van der Waals surface area contributed by atoms with Gasteiger partial charge in [0.2, 0.25) is 0 Å². The van der Waals surface area contributed by atoms with Gasteiger partial charge in [-0.2, -0.15) is 0 Å². The number of ether oxygens (including phenoxy) is 1. The number of allylic oxidation sites excluding steroid dienone is 2. The average Bonchev–Trinajstić information content (AvgIpc) is 2.73. The zero-order valence-electron chi connectivity index (χ0n) is 32.4. The van der Waals surface area contributed by atoms with Crippen LogP contribution in [0.1, 0.15) is 104 Å². The lowest BCUT2D eigenvalue weighted by Crippen LogP contribution is -2.45. The van der Waals surface area contributed by atoms with Crippen molar-refractivity contribution in [1.82, 2.24) is 0 Å². The summed E-state index contributed by atoms with van der Waals surface area (Å²) in [5.41, 5.74) is -4.99. The van der Waals surface area contributed by atoms with Gasteiger partial charge < -0.3 is 9.84 Å². The fourth-order valence-electron chi connectivity index (χ4n) is 2.76. The molecule has 126 valence electrons. The van der Waals surface area contributed by atoms with E-state index in [4.69, 9.17) is 30.8 Å². The number of rotatable bonds is 4. The van der Waals surface area contributed by atoms with Crippen molar-refractivity contribution in [3.8, 4) is 11.5 Å². The molecule has 0 radical (unpaired) electrons. The Morgan fingerprint density at radius 1 is 1.48 bits per heavy atom. The molecule has 2 aliphatic rings. The summed E-state index contributed by atoms with van der Waals surface area (Å²) < 4.78 is 169. The number of hydrogen-bond acceptors (Lipinski definition) is 2. The van der Waals surface area contributed by atoms with Crippen LogP contribution in [0.3, 0.4) is 0 Å². The zero-order valence-corrected chi connectivity index (χ0v) is 12.4. The van der Waals surface area contributed by atoms with Gasteiger partial charge in [0, 0.05) is 44.8 Å². The van der Waals surface area contributed by atoms with E-state index in [0.717, 1.165) is 6.08 Å². The van der Waals surface area contributed by atoms with Gasteiger partial charge in [-0.1, -0.05) is 31.2 Å². The summed E-state index contributed by atoms with van der Waals surface area (Å²) in [7, 11) is 0. The Kier molecular flexibility index (Phi) is 1.30. The van der Waals surface area contributed by atoms with Crippen LogP contribution in [0.5, 0.6) is 11.5 Å². The molecule has 2 nitrogen and oxygen atoms in total. The van der Waals surface area contributed by atoms with Crippen LogP contribution in [-0.2, 0) is 6.37 Å². The number of phenols is 1. The summed E-state index contributed by atoms with van der Waals surface area (Å²) in [4.78, 5) is 0. The van der Waals surface area contributed by atoms with Crippen molar-refractivity contribution in [3.63, 3.8) is 0 Å². The first-order valence-electron chi connectivity index (χ1n) is 16.9. The molecule has 23 heavy (non-hydrogen) atoms. The van der Waals surface area contributed by atoms with Crippen LogP contribution in [0.15, 0.2) is 23.8 Å². The predicted molar refractivity (Wildman–Crippen MR) is 95.3 cm³/mol. The fraction of sp³-hybridized carbons (Fsp3) is 0.619. The molecule has 0 saturated heterocycles. The summed E-state index contributed by atoms with van der Waals surface area (Å²) >= 11 is 0. The van der Waals surface area contributed by atoms with Crippen LogP contribution in [0, 0.1) is 5.92 Å². The van der Waals surface area contributed by atoms with Crippen molar-refractivity contribution >= 4 is 0 Å². The van der Waals surface area contributed by atoms with E-state index in [9.17, 15) is 6.48 Å². The normalized spacial score (nSPS) is 47.5. The van der Waals surface area contributed by atoms with Crippen LogP contribution >= 0.6 is 0 Å². The van der Waals surface area contributed by atoms with Gasteiger partial charge in [0.25, 0.3) is 0 Å². The Bertz CT molecular complexity index is 1300. The second kappa shape index (κ2) is 6.22. The Morgan fingerprint density at radius 2 is 2.35 bits per heavy atom. The largest absolute Gasteiger partial charge is 0.507 e. The van der Waals surface area contributed by atoms with Gasteiger partial charge in [-0.05, 0) is 63.9 Å². The third kappa shape index (κ3) is 3.13. The van der Waals surface area contributed by atoms with Crippen molar-refractivity contribution in [3.05, 3.63) is 34.9 Å². The Balaban J connectivity index is 2.44. The number of benzene rings is 1. The van der Waals surface area contributed by atoms with Gasteiger partial charge >= 0.3 is 0 Å². The van der Waals surface area contributed by atoms with E-state index >= 15 is 0 Å². The summed E-state index contributed by atoms with van der Waals surface area (Å²) in [6.07, 6.45) is -17.9. The van der Waals surface area contributed by atoms with Crippen LogP contribution < -0.4 is 4.74 Å². The van der Waals surface area contributed by atoms with E-state index in [1.807, 2.05) is 0 Å². The second-order valence-electron chi connectivity index (χ2n) is 5.47. The molecule has 1 N–H and O–H groups in total. The minimum Gasteiger partial charge on any atom is -0.507 e. The summed E-state index contributed by atoms with van der Waals surface area (Å²) in [5.74, 6) is -6.99. The quantitative estimate of drug-likeness (QED) is 0.712. The van der Waals surface area contributed by atoms with Gasteiger partial charge in [0.15, 0.2) is 0 Å². The van der Waals surface area contributed by atoms with E-state index in [2.05, 4.69) is 0 Å². The van der Waals surface area contributed by atoms with E-state index < -0.39 is 98.9 Å². The molecule has 1 aliphatic heterocycles. The van der Waals surface area contributed by atoms with Crippen molar-refractivity contribution in [2.45, 2.75) is 77.3 Å². The number of phenolic OH excluding ortho intramolecular Hbond substituents is 1. The third-order valence-corrected chi connectivity index (χ3v) is 3.68. The number of aromatic hydroxyl groups is 1.